The topological polar surface area (TPSA) is 59.9 Å². The van der Waals surface area contributed by atoms with Crippen LogP contribution in [0.4, 0.5) is 0 Å². The van der Waals surface area contributed by atoms with Gasteiger partial charge in [-0.25, -0.2) is 0 Å². The third-order valence-electron chi connectivity index (χ3n) is 3.69. The smallest absolute Gasteiger partial charge is 0.0364 e. The van der Waals surface area contributed by atoms with Crippen molar-refractivity contribution in [3.05, 3.63) is 23.4 Å². The van der Waals surface area contributed by atoms with Crippen molar-refractivity contribution in [1.82, 2.24) is 16.0 Å². The van der Waals surface area contributed by atoms with Crippen LogP contribution in [-0.4, -0.2) is 38.4 Å². The maximum Gasteiger partial charge on any atom is 0.0364 e. The van der Waals surface area contributed by atoms with Gasteiger partial charge in [0, 0.05) is 31.3 Å². The van der Waals surface area contributed by atoms with E-state index in [1.807, 2.05) is 6.20 Å². The molecule has 18 heavy (non-hydrogen) atoms. The van der Waals surface area contributed by atoms with Crippen molar-refractivity contribution < 1.29 is 0 Å². The van der Waals surface area contributed by atoms with E-state index in [4.69, 9.17) is 5.41 Å². The maximum atomic E-state index is 7.61. The predicted molar refractivity (Wildman–Crippen MR) is 76.0 cm³/mol. The van der Waals surface area contributed by atoms with Gasteiger partial charge in [-0.1, -0.05) is 6.08 Å². The third kappa shape index (κ3) is 3.68. The fourth-order valence-electron chi connectivity index (χ4n) is 2.57. The van der Waals surface area contributed by atoms with Crippen molar-refractivity contribution >= 4 is 6.21 Å². The molecular formula is C14H24N4. The van der Waals surface area contributed by atoms with Crippen molar-refractivity contribution in [3.63, 3.8) is 0 Å². The van der Waals surface area contributed by atoms with Gasteiger partial charge in [-0.3, -0.25) is 0 Å². The molecule has 1 unspecified atom stereocenters. The Kier molecular flexibility index (Phi) is 4.96. The number of rotatable bonds is 5. The van der Waals surface area contributed by atoms with Crippen LogP contribution in [-0.2, 0) is 0 Å². The highest BCUT2D eigenvalue weighted by Gasteiger charge is 2.17. The number of hydrogen-bond donors (Lipinski definition) is 4. The Morgan fingerprint density at radius 3 is 2.94 bits per heavy atom. The van der Waals surface area contributed by atoms with Crippen LogP contribution in [0.2, 0.25) is 0 Å². The molecule has 1 saturated heterocycles. The molecule has 2 heterocycles. The standard InChI is InChI=1S/C14H24N4/c1-11-6-12(9-17-8-11)13(7-15)10-18-14-2-4-16-5-3-14/h6-8,13-18H,2-5,9-10H2,1H3. The quantitative estimate of drug-likeness (QED) is 0.550. The van der Waals surface area contributed by atoms with Crippen molar-refractivity contribution in [2.75, 3.05) is 26.2 Å². The van der Waals surface area contributed by atoms with Crippen LogP contribution < -0.4 is 16.0 Å². The summed E-state index contributed by atoms with van der Waals surface area (Å²) in [4.78, 5) is 0. The highest BCUT2D eigenvalue weighted by molar-refractivity contribution is 5.63. The zero-order chi connectivity index (χ0) is 12.8. The Balaban J connectivity index is 1.85. The van der Waals surface area contributed by atoms with Gasteiger partial charge in [-0.15, -0.1) is 0 Å². The molecule has 1 atom stereocenters. The third-order valence-corrected chi connectivity index (χ3v) is 3.69. The maximum absolute atomic E-state index is 7.61. The monoisotopic (exact) mass is 248 g/mol. The number of allylic oxidation sites excluding steroid dienone is 2. The molecule has 4 nitrogen and oxygen atoms in total. The van der Waals surface area contributed by atoms with Gasteiger partial charge in [0.25, 0.3) is 0 Å². The van der Waals surface area contributed by atoms with E-state index in [1.165, 1.54) is 24.0 Å². The Bertz CT molecular complexity index is 340. The van der Waals surface area contributed by atoms with Crippen LogP contribution in [0.3, 0.4) is 0 Å². The predicted octanol–water partition coefficient (Wildman–Crippen LogP) is 1.03. The van der Waals surface area contributed by atoms with E-state index in [2.05, 4.69) is 29.0 Å². The highest BCUT2D eigenvalue weighted by Crippen LogP contribution is 2.14. The summed E-state index contributed by atoms with van der Waals surface area (Å²) in [6.07, 6.45) is 8.20. The molecule has 2 aliphatic heterocycles. The van der Waals surface area contributed by atoms with Crippen molar-refractivity contribution in [3.8, 4) is 0 Å². The molecule has 0 amide bonds. The first-order valence-corrected chi connectivity index (χ1v) is 6.85. The average molecular weight is 248 g/mol. The molecule has 4 heteroatoms. The summed E-state index contributed by atoms with van der Waals surface area (Å²) in [5.74, 6) is 0.219. The second kappa shape index (κ2) is 6.71. The normalized spacial score (nSPS) is 22.7. The van der Waals surface area contributed by atoms with E-state index < -0.39 is 0 Å². The zero-order valence-electron chi connectivity index (χ0n) is 11.1. The van der Waals surface area contributed by atoms with E-state index in [0.717, 1.165) is 26.2 Å². The summed E-state index contributed by atoms with van der Waals surface area (Å²) in [5, 5.41) is 17.9. The molecule has 2 rings (SSSR count). The Hall–Kier alpha value is -1.13. The number of hydrogen-bond acceptors (Lipinski definition) is 4. The lowest BCUT2D eigenvalue weighted by atomic mass is 9.95. The van der Waals surface area contributed by atoms with Gasteiger partial charge in [0.05, 0.1) is 0 Å². The van der Waals surface area contributed by atoms with E-state index in [0.29, 0.717) is 6.04 Å². The molecule has 4 N–H and O–H groups in total. The molecule has 0 aliphatic carbocycles. The first kappa shape index (κ1) is 13.3. The Labute approximate surface area is 109 Å². The van der Waals surface area contributed by atoms with Crippen LogP contribution in [0.25, 0.3) is 0 Å². The van der Waals surface area contributed by atoms with E-state index >= 15 is 0 Å². The molecule has 0 aromatic carbocycles. The summed E-state index contributed by atoms with van der Waals surface area (Å²) in [6.45, 7) is 6.06. The molecule has 0 aromatic heterocycles. The van der Waals surface area contributed by atoms with Crippen molar-refractivity contribution in [2.24, 2.45) is 5.92 Å². The van der Waals surface area contributed by atoms with Crippen LogP contribution in [0.1, 0.15) is 19.8 Å². The zero-order valence-corrected chi connectivity index (χ0v) is 11.1. The van der Waals surface area contributed by atoms with E-state index in [-0.39, 0.29) is 5.92 Å². The largest absolute Gasteiger partial charge is 0.387 e. The Morgan fingerprint density at radius 2 is 2.28 bits per heavy atom. The molecule has 0 spiro atoms. The van der Waals surface area contributed by atoms with Gasteiger partial charge in [0.15, 0.2) is 0 Å². The molecule has 2 aliphatic rings. The fraction of sp³-hybridized carbons (Fsp3) is 0.643. The number of piperidine rings is 1. The summed E-state index contributed by atoms with van der Waals surface area (Å²) < 4.78 is 0. The van der Waals surface area contributed by atoms with Gasteiger partial charge in [0.2, 0.25) is 0 Å². The van der Waals surface area contributed by atoms with Gasteiger partial charge in [0.1, 0.15) is 0 Å². The first-order valence-electron chi connectivity index (χ1n) is 6.85. The lowest BCUT2D eigenvalue weighted by Gasteiger charge is -2.27. The summed E-state index contributed by atoms with van der Waals surface area (Å²) in [7, 11) is 0. The van der Waals surface area contributed by atoms with Crippen molar-refractivity contribution in [1.29, 1.82) is 5.41 Å². The van der Waals surface area contributed by atoms with Crippen LogP contribution in [0, 0.1) is 11.3 Å². The van der Waals surface area contributed by atoms with Gasteiger partial charge in [-0.05, 0) is 50.2 Å². The Morgan fingerprint density at radius 1 is 1.50 bits per heavy atom. The molecule has 0 bridgehead atoms. The lowest BCUT2D eigenvalue weighted by molar-refractivity contribution is 0.382. The van der Waals surface area contributed by atoms with Crippen LogP contribution in [0.5, 0.6) is 0 Å². The number of dihydropyridines is 1. The second-order valence-corrected chi connectivity index (χ2v) is 5.19. The molecule has 1 fully saturated rings. The minimum absolute atomic E-state index is 0.219. The molecule has 100 valence electrons. The summed E-state index contributed by atoms with van der Waals surface area (Å²) in [5.41, 5.74) is 2.55. The van der Waals surface area contributed by atoms with Crippen LogP contribution in [0.15, 0.2) is 23.4 Å². The van der Waals surface area contributed by atoms with Gasteiger partial charge in [-0.2, -0.15) is 0 Å². The highest BCUT2D eigenvalue weighted by atomic mass is 15.0. The SMILES string of the molecule is CC1=CNCC(C(C=N)CNC2CCNCC2)=C1. The number of nitrogens with one attached hydrogen (secondary N) is 4. The summed E-state index contributed by atoms with van der Waals surface area (Å²) in [6, 6.07) is 0.613. The molecular weight excluding hydrogens is 224 g/mol. The molecule has 0 radical (unpaired) electrons. The van der Waals surface area contributed by atoms with Crippen LogP contribution >= 0.6 is 0 Å². The minimum Gasteiger partial charge on any atom is -0.387 e. The lowest BCUT2D eigenvalue weighted by Crippen LogP contribution is -2.42. The van der Waals surface area contributed by atoms with E-state index in [1.54, 1.807) is 6.21 Å². The van der Waals surface area contributed by atoms with Gasteiger partial charge < -0.3 is 21.4 Å². The van der Waals surface area contributed by atoms with Gasteiger partial charge >= 0.3 is 0 Å². The summed E-state index contributed by atoms with van der Waals surface area (Å²) >= 11 is 0. The molecule has 0 aromatic rings. The molecule has 0 saturated carbocycles. The van der Waals surface area contributed by atoms with E-state index in [9.17, 15) is 0 Å². The fourth-order valence-corrected chi connectivity index (χ4v) is 2.57. The first-order chi connectivity index (χ1) is 8.79. The minimum atomic E-state index is 0.219. The van der Waals surface area contributed by atoms with Crippen molar-refractivity contribution in [2.45, 2.75) is 25.8 Å². The second-order valence-electron chi connectivity index (χ2n) is 5.19. The average Bonchev–Trinajstić information content (AvgIpc) is 2.41.